The molecule has 0 N–H and O–H groups in total. The largest absolute Gasteiger partial charge is 0.371 e. The molecule has 1 aromatic carbocycles. The SMILES string of the molecule is CC1CCCN(CCC(=O)N(C)CC2CCN(c3ccccc3)C2)C1. The van der Waals surface area contributed by atoms with Gasteiger partial charge < -0.3 is 14.7 Å². The summed E-state index contributed by atoms with van der Waals surface area (Å²) in [5.41, 5.74) is 1.30. The molecule has 2 unspecified atom stereocenters. The first-order valence-corrected chi connectivity index (χ1v) is 9.88. The lowest BCUT2D eigenvalue weighted by atomic mass is 10.0. The van der Waals surface area contributed by atoms with Gasteiger partial charge in [-0.05, 0) is 49.8 Å². The molecule has 0 aliphatic carbocycles. The number of rotatable bonds is 6. The Hall–Kier alpha value is -1.55. The molecular weight excluding hydrogens is 310 g/mol. The van der Waals surface area contributed by atoms with Crippen molar-refractivity contribution in [1.82, 2.24) is 9.80 Å². The maximum atomic E-state index is 12.5. The van der Waals surface area contributed by atoms with Crippen LogP contribution in [0, 0.1) is 11.8 Å². The van der Waals surface area contributed by atoms with Crippen LogP contribution in [0.25, 0.3) is 0 Å². The average molecular weight is 344 g/mol. The van der Waals surface area contributed by atoms with E-state index in [1.54, 1.807) is 0 Å². The standard InChI is InChI=1S/C21H33N3O/c1-18-7-6-12-23(15-18)13-11-21(25)22(2)16-19-10-14-24(17-19)20-8-4-3-5-9-20/h3-5,8-9,18-19H,6-7,10-17H2,1-2H3. The van der Waals surface area contributed by atoms with E-state index in [1.807, 2.05) is 11.9 Å². The zero-order valence-electron chi connectivity index (χ0n) is 15.9. The number of hydrogen-bond donors (Lipinski definition) is 0. The Morgan fingerprint density at radius 3 is 2.72 bits per heavy atom. The number of likely N-dealkylation sites (tertiary alicyclic amines) is 1. The van der Waals surface area contributed by atoms with E-state index in [-0.39, 0.29) is 0 Å². The molecule has 1 aromatic rings. The van der Waals surface area contributed by atoms with Crippen LogP contribution in [0.1, 0.15) is 32.6 Å². The van der Waals surface area contributed by atoms with Crippen molar-refractivity contribution >= 4 is 11.6 Å². The molecule has 0 saturated carbocycles. The quantitative estimate of drug-likeness (QED) is 0.794. The number of benzene rings is 1. The zero-order valence-corrected chi connectivity index (χ0v) is 15.9. The molecular formula is C21H33N3O. The maximum Gasteiger partial charge on any atom is 0.223 e. The van der Waals surface area contributed by atoms with Gasteiger partial charge in [0.1, 0.15) is 0 Å². The topological polar surface area (TPSA) is 26.8 Å². The van der Waals surface area contributed by atoms with Crippen LogP contribution in [0.2, 0.25) is 0 Å². The van der Waals surface area contributed by atoms with Gasteiger partial charge in [0.25, 0.3) is 0 Å². The lowest BCUT2D eigenvalue weighted by molar-refractivity contribution is -0.130. The highest BCUT2D eigenvalue weighted by molar-refractivity contribution is 5.76. The highest BCUT2D eigenvalue weighted by Gasteiger charge is 2.25. The molecule has 2 aliphatic heterocycles. The number of nitrogens with zero attached hydrogens (tertiary/aromatic N) is 3. The average Bonchev–Trinajstić information content (AvgIpc) is 3.09. The monoisotopic (exact) mass is 343 g/mol. The summed E-state index contributed by atoms with van der Waals surface area (Å²) in [5.74, 6) is 1.67. The van der Waals surface area contributed by atoms with Crippen LogP contribution < -0.4 is 4.90 Å². The van der Waals surface area contributed by atoms with Crippen molar-refractivity contribution in [2.75, 3.05) is 51.2 Å². The van der Waals surface area contributed by atoms with Gasteiger partial charge in [-0.1, -0.05) is 25.1 Å². The van der Waals surface area contributed by atoms with Crippen molar-refractivity contribution in [3.05, 3.63) is 30.3 Å². The number of piperidine rings is 1. The van der Waals surface area contributed by atoms with Crippen molar-refractivity contribution in [3.8, 4) is 0 Å². The van der Waals surface area contributed by atoms with Crippen molar-refractivity contribution in [3.63, 3.8) is 0 Å². The minimum Gasteiger partial charge on any atom is -0.371 e. The number of hydrogen-bond acceptors (Lipinski definition) is 3. The minimum atomic E-state index is 0.302. The second kappa shape index (κ2) is 8.70. The summed E-state index contributed by atoms with van der Waals surface area (Å²) in [6, 6.07) is 10.6. The molecule has 25 heavy (non-hydrogen) atoms. The van der Waals surface area contributed by atoms with E-state index >= 15 is 0 Å². The predicted molar refractivity (Wildman–Crippen MR) is 104 cm³/mol. The first kappa shape index (κ1) is 18.2. The van der Waals surface area contributed by atoms with Crippen molar-refractivity contribution in [2.24, 2.45) is 11.8 Å². The Morgan fingerprint density at radius 1 is 1.16 bits per heavy atom. The number of amides is 1. The van der Waals surface area contributed by atoms with E-state index in [1.165, 1.54) is 24.9 Å². The van der Waals surface area contributed by atoms with E-state index in [0.29, 0.717) is 18.2 Å². The highest BCUT2D eigenvalue weighted by atomic mass is 16.2. The molecule has 4 heteroatoms. The number of anilines is 1. The maximum absolute atomic E-state index is 12.5. The molecule has 2 saturated heterocycles. The molecule has 0 spiro atoms. The molecule has 1 amide bonds. The normalized spacial score (nSPS) is 24.5. The Bertz CT molecular complexity index is 547. The summed E-state index contributed by atoms with van der Waals surface area (Å²) in [6.07, 6.45) is 4.46. The van der Waals surface area contributed by atoms with Gasteiger partial charge in [-0.3, -0.25) is 4.79 Å². The third-order valence-corrected chi connectivity index (χ3v) is 5.75. The van der Waals surface area contributed by atoms with Gasteiger partial charge in [0.15, 0.2) is 0 Å². The van der Waals surface area contributed by atoms with E-state index in [4.69, 9.17) is 0 Å². The summed E-state index contributed by atoms with van der Waals surface area (Å²) in [5, 5.41) is 0. The Kier molecular flexibility index (Phi) is 6.35. The zero-order chi connectivity index (χ0) is 17.6. The summed E-state index contributed by atoms with van der Waals surface area (Å²) < 4.78 is 0. The van der Waals surface area contributed by atoms with Gasteiger partial charge in [0.2, 0.25) is 5.91 Å². The first-order chi connectivity index (χ1) is 12.1. The van der Waals surface area contributed by atoms with Gasteiger partial charge >= 0.3 is 0 Å². The van der Waals surface area contributed by atoms with Crippen LogP contribution in [0.5, 0.6) is 0 Å². The van der Waals surface area contributed by atoms with Gasteiger partial charge in [-0.25, -0.2) is 0 Å². The van der Waals surface area contributed by atoms with Gasteiger partial charge in [0, 0.05) is 51.9 Å². The van der Waals surface area contributed by atoms with Crippen molar-refractivity contribution in [1.29, 1.82) is 0 Å². The van der Waals surface area contributed by atoms with Crippen LogP contribution in [0.4, 0.5) is 5.69 Å². The minimum absolute atomic E-state index is 0.302. The van der Waals surface area contributed by atoms with E-state index < -0.39 is 0 Å². The molecule has 2 aliphatic rings. The summed E-state index contributed by atoms with van der Waals surface area (Å²) in [6.45, 7) is 8.61. The smallest absolute Gasteiger partial charge is 0.223 e. The summed E-state index contributed by atoms with van der Waals surface area (Å²) >= 11 is 0. The first-order valence-electron chi connectivity index (χ1n) is 9.88. The van der Waals surface area contributed by atoms with E-state index in [9.17, 15) is 4.79 Å². The van der Waals surface area contributed by atoms with E-state index in [0.717, 1.165) is 45.2 Å². The number of para-hydroxylation sites is 1. The molecule has 0 radical (unpaired) electrons. The lowest BCUT2D eigenvalue weighted by Crippen LogP contribution is -2.39. The fourth-order valence-electron chi connectivity index (χ4n) is 4.28. The lowest BCUT2D eigenvalue weighted by Gasteiger charge is -2.31. The Morgan fingerprint density at radius 2 is 1.96 bits per heavy atom. The molecule has 0 aromatic heterocycles. The van der Waals surface area contributed by atoms with Crippen LogP contribution in [0.3, 0.4) is 0 Å². The molecule has 138 valence electrons. The van der Waals surface area contributed by atoms with E-state index in [2.05, 4.69) is 47.1 Å². The predicted octanol–water partition coefficient (Wildman–Crippen LogP) is 3.09. The Balaban J connectivity index is 1.40. The van der Waals surface area contributed by atoms with Gasteiger partial charge in [0.05, 0.1) is 0 Å². The van der Waals surface area contributed by atoms with Crippen molar-refractivity contribution in [2.45, 2.75) is 32.6 Å². The molecule has 0 bridgehead atoms. The van der Waals surface area contributed by atoms with Crippen LogP contribution in [-0.2, 0) is 4.79 Å². The third kappa shape index (κ3) is 5.21. The molecule has 4 nitrogen and oxygen atoms in total. The third-order valence-electron chi connectivity index (χ3n) is 5.75. The highest BCUT2D eigenvalue weighted by Crippen LogP contribution is 2.24. The molecule has 3 rings (SSSR count). The number of carbonyl (C=O) groups is 1. The van der Waals surface area contributed by atoms with Gasteiger partial charge in [-0.15, -0.1) is 0 Å². The second-order valence-corrected chi connectivity index (χ2v) is 8.01. The second-order valence-electron chi connectivity index (χ2n) is 8.01. The fraction of sp³-hybridized carbons (Fsp3) is 0.667. The van der Waals surface area contributed by atoms with Crippen molar-refractivity contribution < 1.29 is 4.79 Å². The van der Waals surface area contributed by atoms with Crippen LogP contribution in [-0.4, -0.2) is 62.0 Å². The van der Waals surface area contributed by atoms with Crippen LogP contribution >= 0.6 is 0 Å². The van der Waals surface area contributed by atoms with Crippen LogP contribution in [0.15, 0.2) is 30.3 Å². The Labute approximate surface area is 152 Å². The van der Waals surface area contributed by atoms with Gasteiger partial charge in [-0.2, -0.15) is 0 Å². The molecule has 2 atom stereocenters. The molecule has 2 fully saturated rings. The summed E-state index contributed by atoms with van der Waals surface area (Å²) in [7, 11) is 1.98. The number of carbonyl (C=O) groups excluding carboxylic acids is 1. The molecule has 2 heterocycles. The fourth-order valence-corrected chi connectivity index (χ4v) is 4.28. The summed E-state index contributed by atoms with van der Waals surface area (Å²) in [4.78, 5) is 19.4.